The monoisotopic (exact) mass is 507 g/mol. The van der Waals surface area contributed by atoms with Crippen LogP contribution in [0.4, 0.5) is 14.2 Å². The highest BCUT2D eigenvalue weighted by molar-refractivity contribution is 7.89. The molecule has 1 heterocycles. The topological polar surface area (TPSA) is 117 Å². The summed E-state index contributed by atoms with van der Waals surface area (Å²) in [4.78, 5) is 24.9. The molecule has 0 saturated carbocycles. The molecule has 2 aromatic rings. The van der Waals surface area contributed by atoms with Gasteiger partial charge in [-0.25, -0.2) is 21.9 Å². The number of hydrogen-bond acceptors (Lipinski definition) is 7. The summed E-state index contributed by atoms with van der Waals surface area (Å²) in [5.74, 6) is -1.46. The summed E-state index contributed by atoms with van der Waals surface area (Å²) in [5.41, 5.74) is 0.0492. The summed E-state index contributed by atoms with van der Waals surface area (Å²) in [6, 6.07) is 7.83. The molecule has 1 aliphatic rings. The first-order valence-corrected chi connectivity index (χ1v) is 12.9. The molecule has 1 aliphatic carbocycles. The minimum Gasteiger partial charge on any atom is -0.444 e. The second-order valence-electron chi connectivity index (χ2n) is 8.98. The zero-order chi connectivity index (χ0) is 25.3. The Bertz CT molecular complexity index is 1240. The van der Waals surface area contributed by atoms with Crippen LogP contribution in [0.5, 0.6) is 0 Å². The molecular formula is C23H26FN3O5S2. The van der Waals surface area contributed by atoms with Gasteiger partial charge >= 0.3 is 6.09 Å². The molecule has 34 heavy (non-hydrogen) atoms. The van der Waals surface area contributed by atoms with Gasteiger partial charge in [0.05, 0.1) is 16.9 Å². The smallest absolute Gasteiger partial charge is 0.412 e. The SMILES string of the molecule is CN(CCc1ccc(F)cc1)S(=O)(=O)c1c(NC(=O)OC(C)(C)C)sc2c1C(C#N)CCC2=O. The van der Waals surface area contributed by atoms with Crippen molar-refractivity contribution in [3.63, 3.8) is 0 Å². The van der Waals surface area contributed by atoms with Gasteiger partial charge < -0.3 is 4.74 Å². The van der Waals surface area contributed by atoms with E-state index in [0.29, 0.717) is 6.42 Å². The van der Waals surface area contributed by atoms with Crippen LogP contribution in [0.15, 0.2) is 29.2 Å². The first-order chi connectivity index (χ1) is 15.8. The number of ether oxygens (including phenoxy) is 1. The fraction of sp³-hybridized carbons (Fsp3) is 0.435. The van der Waals surface area contributed by atoms with Gasteiger partial charge in [0.1, 0.15) is 21.3 Å². The van der Waals surface area contributed by atoms with Crippen molar-refractivity contribution in [2.45, 2.75) is 56.4 Å². The van der Waals surface area contributed by atoms with Gasteiger partial charge in [-0.3, -0.25) is 10.1 Å². The number of Topliss-reactive ketones (excluding diaryl/α,β-unsaturated/α-hetero) is 1. The molecule has 182 valence electrons. The summed E-state index contributed by atoms with van der Waals surface area (Å²) in [5, 5.41) is 12.1. The van der Waals surface area contributed by atoms with E-state index in [1.54, 1.807) is 32.9 Å². The molecule has 1 aromatic heterocycles. The number of nitriles is 1. The summed E-state index contributed by atoms with van der Waals surface area (Å²) >= 11 is 0.844. The van der Waals surface area contributed by atoms with Crippen LogP contribution < -0.4 is 5.32 Å². The molecule has 1 atom stereocenters. The van der Waals surface area contributed by atoms with Gasteiger partial charge in [-0.1, -0.05) is 12.1 Å². The molecule has 0 spiro atoms. The van der Waals surface area contributed by atoms with Gasteiger partial charge in [-0.15, -0.1) is 11.3 Å². The Morgan fingerprint density at radius 1 is 1.32 bits per heavy atom. The Morgan fingerprint density at radius 2 is 1.97 bits per heavy atom. The van der Waals surface area contributed by atoms with Crippen molar-refractivity contribution in [3.8, 4) is 6.07 Å². The summed E-state index contributed by atoms with van der Waals surface area (Å²) < 4.78 is 46.9. The predicted octanol–water partition coefficient (Wildman–Crippen LogP) is 4.68. The number of carbonyl (C=O) groups is 2. The average Bonchev–Trinajstić information content (AvgIpc) is 3.12. The van der Waals surface area contributed by atoms with E-state index in [1.165, 1.54) is 19.2 Å². The number of amides is 1. The van der Waals surface area contributed by atoms with E-state index >= 15 is 0 Å². The number of hydrogen-bond donors (Lipinski definition) is 1. The van der Waals surface area contributed by atoms with E-state index in [4.69, 9.17) is 4.74 Å². The van der Waals surface area contributed by atoms with Crippen LogP contribution in [0.25, 0.3) is 0 Å². The Labute approximate surface area is 202 Å². The molecule has 3 rings (SSSR count). The normalized spacial score (nSPS) is 16.1. The molecule has 0 fully saturated rings. The Hall–Kier alpha value is -2.81. The van der Waals surface area contributed by atoms with Crippen LogP contribution in [0, 0.1) is 17.1 Å². The molecule has 0 radical (unpaired) electrons. The van der Waals surface area contributed by atoms with Crippen molar-refractivity contribution in [2.75, 3.05) is 18.9 Å². The Balaban J connectivity index is 2.01. The van der Waals surface area contributed by atoms with E-state index in [1.807, 2.05) is 0 Å². The quantitative estimate of drug-likeness (QED) is 0.607. The minimum absolute atomic E-state index is 0.0524. The number of rotatable bonds is 6. The molecule has 8 nitrogen and oxygen atoms in total. The maximum Gasteiger partial charge on any atom is 0.412 e. The number of anilines is 1. The van der Waals surface area contributed by atoms with Crippen molar-refractivity contribution in [2.24, 2.45) is 0 Å². The highest BCUT2D eigenvalue weighted by Crippen LogP contribution is 2.46. The largest absolute Gasteiger partial charge is 0.444 e. The van der Waals surface area contributed by atoms with E-state index in [9.17, 15) is 27.7 Å². The Morgan fingerprint density at radius 3 is 2.56 bits per heavy atom. The first kappa shape index (κ1) is 25.8. The van der Waals surface area contributed by atoms with Crippen LogP contribution >= 0.6 is 11.3 Å². The van der Waals surface area contributed by atoms with Crippen LogP contribution in [-0.4, -0.2) is 43.8 Å². The number of benzene rings is 1. The number of halogens is 1. The number of likely N-dealkylation sites (N-methyl/N-ethyl adjacent to an activating group) is 1. The maximum atomic E-state index is 13.7. The maximum absolute atomic E-state index is 13.7. The minimum atomic E-state index is -4.21. The Kier molecular flexibility index (Phi) is 7.45. The highest BCUT2D eigenvalue weighted by atomic mass is 32.2. The van der Waals surface area contributed by atoms with E-state index in [2.05, 4.69) is 11.4 Å². The zero-order valence-electron chi connectivity index (χ0n) is 19.3. The number of ketones is 1. The summed E-state index contributed by atoms with van der Waals surface area (Å²) in [6.07, 6.45) is -0.223. The van der Waals surface area contributed by atoms with Crippen LogP contribution in [0.1, 0.15) is 60.3 Å². The zero-order valence-corrected chi connectivity index (χ0v) is 21.0. The van der Waals surface area contributed by atoms with Gasteiger partial charge in [0.15, 0.2) is 5.78 Å². The van der Waals surface area contributed by atoms with Crippen LogP contribution in [0.3, 0.4) is 0 Å². The van der Waals surface area contributed by atoms with Crippen molar-refractivity contribution in [1.82, 2.24) is 4.31 Å². The third kappa shape index (κ3) is 5.63. The number of nitrogens with zero attached hydrogens (tertiary/aromatic N) is 2. The highest BCUT2D eigenvalue weighted by Gasteiger charge is 2.40. The van der Waals surface area contributed by atoms with E-state index < -0.39 is 27.6 Å². The fourth-order valence-electron chi connectivity index (χ4n) is 3.56. The van der Waals surface area contributed by atoms with E-state index in [-0.39, 0.29) is 51.3 Å². The lowest BCUT2D eigenvalue weighted by molar-refractivity contribution is 0.0636. The molecular weight excluding hydrogens is 481 g/mol. The van der Waals surface area contributed by atoms with Gasteiger partial charge in [0.2, 0.25) is 10.0 Å². The van der Waals surface area contributed by atoms with Crippen LogP contribution in [-0.2, 0) is 21.2 Å². The molecule has 0 aliphatic heterocycles. The van der Waals surface area contributed by atoms with Crippen molar-refractivity contribution in [1.29, 1.82) is 5.26 Å². The number of fused-ring (bicyclic) bond motifs is 1. The molecule has 0 bridgehead atoms. The van der Waals surface area contributed by atoms with Gasteiger partial charge in [-0.05, 0) is 51.3 Å². The standard InChI is InChI=1S/C23H26FN3O5S2/c1-23(2,3)32-22(29)26-21-20(18-15(13-25)7-10-17(28)19(18)33-21)34(30,31)27(4)12-11-14-5-8-16(24)9-6-14/h5-6,8-9,15H,7,10-12H2,1-4H3,(H,26,29). The number of thiophene rings is 1. The predicted molar refractivity (Wildman–Crippen MR) is 126 cm³/mol. The van der Waals surface area contributed by atoms with Gasteiger partial charge in [-0.2, -0.15) is 5.26 Å². The lowest BCUT2D eigenvalue weighted by Crippen LogP contribution is -2.31. The van der Waals surface area contributed by atoms with E-state index in [0.717, 1.165) is 21.2 Å². The molecule has 11 heteroatoms. The second-order valence-corrected chi connectivity index (χ2v) is 12.0. The summed E-state index contributed by atoms with van der Waals surface area (Å²) in [6.45, 7) is 5.07. The number of carbonyl (C=O) groups excluding carboxylic acids is 2. The number of sulfonamides is 1. The van der Waals surface area contributed by atoms with Crippen molar-refractivity contribution >= 4 is 38.2 Å². The summed E-state index contributed by atoms with van der Waals surface area (Å²) in [7, 11) is -2.82. The molecule has 1 aromatic carbocycles. The third-order valence-corrected chi connectivity index (χ3v) is 8.46. The average molecular weight is 508 g/mol. The molecule has 1 unspecified atom stereocenters. The lowest BCUT2D eigenvalue weighted by atomic mass is 9.88. The lowest BCUT2D eigenvalue weighted by Gasteiger charge is -2.23. The van der Waals surface area contributed by atoms with Crippen molar-refractivity contribution < 1.29 is 27.1 Å². The van der Waals surface area contributed by atoms with Gasteiger partial charge in [0.25, 0.3) is 0 Å². The van der Waals surface area contributed by atoms with Gasteiger partial charge in [0, 0.05) is 25.6 Å². The first-order valence-electron chi connectivity index (χ1n) is 10.6. The number of nitrogens with one attached hydrogen (secondary N) is 1. The molecule has 1 N–H and O–H groups in total. The van der Waals surface area contributed by atoms with Crippen molar-refractivity contribution in [3.05, 3.63) is 46.1 Å². The molecule has 0 saturated heterocycles. The van der Waals surface area contributed by atoms with Crippen LogP contribution in [0.2, 0.25) is 0 Å². The second kappa shape index (κ2) is 9.82. The third-order valence-electron chi connectivity index (χ3n) is 5.23. The molecule has 1 amide bonds. The fourth-order valence-corrected chi connectivity index (χ4v) is 6.63.